The van der Waals surface area contributed by atoms with E-state index in [1.54, 1.807) is 0 Å². The zero-order chi connectivity index (χ0) is 37.0. The Morgan fingerprint density at radius 3 is 1.41 bits per heavy atom. The minimum Gasteiger partial charge on any atom is -0.264 e. The molecule has 0 spiro atoms. The maximum atomic E-state index is 5.33. The predicted molar refractivity (Wildman–Crippen MR) is 232 cm³/mol. The lowest BCUT2D eigenvalue weighted by Crippen LogP contribution is -1.97. The maximum Gasteiger partial charge on any atom is 0.160 e. The second-order valence-corrected chi connectivity index (χ2v) is 14.3. The van der Waals surface area contributed by atoms with Gasteiger partial charge in [-0.25, -0.2) is 9.97 Å². The highest BCUT2D eigenvalue weighted by Crippen LogP contribution is 2.58. The third kappa shape index (κ3) is 5.09. The first kappa shape index (κ1) is 32.0. The van der Waals surface area contributed by atoms with Crippen molar-refractivity contribution in [1.29, 1.82) is 0 Å². The summed E-state index contributed by atoms with van der Waals surface area (Å²) >= 11 is 0. The number of hydrogen-bond donors (Lipinski definition) is 0. The molecule has 0 amide bonds. The Bertz CT molecular complexity index is 3010. The van der Waals surface area contributed by atoms with Gasteiger partial charge in [-0.15, -0.1) is 0 Å². The fraction of sp³-hybridized carbons (Fsp3) is 0. The van der Waals surface area contributed by atoms with E-state index in [4.69, 9.17) is 9.97 Å². The van der Waals surface area contributed by atoms with Crippen LogP contribution < -0.4 is 0 Å². The molecule has 3 heteroatoms. The standard InChI is InChI=1S/C53H33N3/c1-4-16-34(17-5-1)48-42-25-12-13-26-43(42)49(35-18-6-2-7-19-35)52-45-30-29-40(41-27-14-28-44(50(41)45)51(48)52)47-32-46(55-53(56-47)36-20-8-3-9-21-36)39-24-11-10-23-38(39)37-22-15-31-54-33-37/h1-33H. The van der Waals surface area contributed by atoms with Gasteiger partial charge < -0.3 is 0 Å². The molecule has 0 N–H and O–H groups in total. The number of rotatable bonds is 6. The van der Waals surface area contributed by atoms with Crippen LogP contribution in [0, 0.1) is 0 Å². The number of benzene rings is 8. The lowest BCUT2D eigenvalue weighted by molar-refractivity contribution is 1.18. The fourth-order valence-corrected chi connectivity index (χ4v) is 8.75. The van der Waals surface area contributed by atoms with Crippen LogP contribution in [-0.2, 0) is 0 Å². The second kappa shape index (κ2) is 13.1. The molecule has 1 aliphatic rings. The first-order valence-electron chi connectivity index (χ1n) is 19.0. The van der Waals surface area contributed by atoms with E-state index in [-0.39, 0.29) is 0 Å². The number of aromatic nitrogens is 3. The van der Waals surface area contributed by atoms with Crippen LogP contribution in [0.1, 0.15) is 0 Å². The van der Waals surface area contributed by atoms with Crippen molar-refractivity contribution in [2.24, 2.45) is 0 Å². The van der Waals surface area contributed by atoms with E-state index in [1.165, 1.54) is 66.1 Å². The lowest BCUT2D eigenvalue weighted by atomic mass is 9.82. The summed E-state index contributed by atoms with van der Waals surface area (Å²) in [5.41, 5.74) is 17.0. The van der Waals surface area contributed by atoms with Crippen LogP contribution in [-0.4, -0.2) is 15.0 Å². The Morgan fingerprint density at radius 2 is 0.786 bits per heavy atom. The quantitative estimate of drug-likeness (QED) is 0.172. The highest BCUT2D eigenvalue weighted by Gasteiger charge is 2.31. The molecule has 260 valence electrons. The first-order chi connectivity index (χ1) is 27.8. The SMILES string of the molecule is c1ccc(-c2nc(-c3ccccc3-c3cccnc3)cc(-c3ccc4c5c(cccc35)-c3c-4c(-c4ccccc4)c4ccccc4c3-c3ccccc3)n2)cc1. The van der Waals surface area contributed by atoms with Crippen LogP contribution in [0.2, 0.25) is 0 Å². The number of fused-ring (bicyclic) bond motifs is 4. The Morgan fingerprint density at radius 1 is 0.304 bits per heavy atom. The molecule has 56 heavy (non-hydrogen) atoms. The van der Waals surface area contributed by atoms with E-state index in [0.717, 1.165) is 39.2 Å². The Kier molecular flexibility index (Phi) is 7.49. The molecule has 2 aromatic heterocycles. The molecule has 0 saturated carbocycles. The first-order valence-corrected chi connectivity index (χ1v) is 19.0. The maximum absolute atomic E-state index is 5.33. The van der Waals surface area contributed by atoms with Crippen LogP contribution in [0.3, 0.4) is 0 Å². The summed E-state index contributed by atoms with van der Waals surface area (Å²) in [6.45, 7) is 0. The van der Waals surface area contributed by atoms with Gasteiger partial charge in [0.25, 0.3) is 0 Å². The van der Waals surface area contributed by atoms with E-state index in [0.29, 0.717) is 5.82 Å². The van der Waals surface area contributed by atoms with Gasteiger partial charge >= 0.3 is 0 Å². The molecule has 8 aromatic carbocycles. The molecule has 0 radical (unpaired) electrons. The normalized spacial score (nSPS) is 11.6. The summed E-state index contributed by atoms with van der Waals surface area (Å²) in [5, 5.41) is 4.92. The third-order valence-corrected chi connectivity index (χ3v) is 11.1. The van der Waals surface area contributed by atoms with Crippen LogP contribution >= 0.6 is 0 Å². The highest BCUT2D eigenvalue weighted by atomic mass is 14.9. The molecule has 10 aromatic rings. The second-order valence-electron chi connectivity index (χ2n) is 14.3. The molecular weight excluding hydrogens is 679 g/mol. The van der Waals surface area contributed by atoms with E-state index in [1.807, 2.05) is 36.7 Å². The van der Waals surface area contributed by atoms with Gasteiger partial charge in [-0.3, -0.25) is 4.98 Å². The number of pyridine rings is 1. The van der Waals surface area contributed by atoms with Crippen molar-refractivity contribution in [3.8, 4) is 89.5 Å². The molecule has 2 heterocycles. The van der Waals surface area contributed by atoms with E-state index in [2.05, 4.69) is 169 Å². The molecule has 3 nitrogen and oxygen atoms in total. The van der Waals surface area contributed by atoms with Crippen LogP contribution in [0.15, 0.2) is 200 Å². The van der Waals surface area contributed by atoms with E-state index in [9.17, 15) is 0 Å². The smallest absolute Gasteiger partial charge is 0.160 e. The van der Waals surface area contributed by atoms with Gasteiger partial charge in [-0.2, -0.15) is 0 Å². The van der Waals surface area contributed by atoms with Gasteiger partial charge in [0, 0.05) is 34.6 Å². The summed E-state index contributed by atoms with van der Waals surface area (Å²) in [6.07, 6.45) is 3.72. The van der Waals surface area contributed by atoms with Crippen LogP contribution in [0.5, 0.6) is 0 Å². The fourth-order valence-electron chi connectivity index (χ4n) is 8.75. The number of hydrogen-bond acceptors (Lipinski definition) is 3. The minimum absolute atomic E-state index is 0.689. The monoisotopic (exact) mass is 711 g/mol. The Labute approximate surface area is 325 Å². The van der Waals surface area contributed by atoms with Crippen molar-refractivity contribution in [2.75, 3.05) is 0 Å². The van der Waals surface area contributed by atoms with Crippen LogP contribution in [0.25, 0.3) is 111 Å². The van der Waals surface area contributed by atoms with E-state index < -0.39 is 0 Å². The molecule has 0 fully saturated rings. The summed E-state index contributed by atoms with van der Waals surface area (Å²) < 4.78 is 0. The van der Waals surface area contributed by atoms with Gasteiger partial charge in [-0.05, 0) is 83.7 Å². The molecule has 11 rings (SSSR count). The summed E-state index contributed by atoms with van der Waals surface area (Å²) in [6, 6.07) is 67.0. The zero-order valence-corrected chi connectivity index (χ0v) is 30.4. The molecular formula is C53H33N3. The van der Waals surface area contributed by atoms with Gasteiger partial charge in [0.2, 0.25) is 0 Å². The lowest BCUT2D eigenvalue weighted by Gasteiger charge is -2.20. The third-order valence-electron chi connectivity index (χ3n) is 11.1. The summed E-state index contributed by atoms with van der Waals surface area (Å²) in [4.78, 5) is 15.0. The molecule has 1 aliphatic carbocycles. The summed E-state index contributed by atoms with van der Waals surface area (Å²) in [7, 11) is 0. The van der Waals surface area contributed by atoms with Crippen molar-refractivity contribution >= 4 is 21.5 Å². The van der Waals surface area contributed by atoms with Crippen molar-refractivity contribution in [3.05, 3.63) is 200 Å². The average Bonchev–Trinajstić information content (AvgIpc) is 3.61. The predicted octanol–water partition coefficient (Wildman–Crippen LogP) is 13.8. The van der Waals surface area contributed by atoms with Crippen LogP contribution in [0.4, 0.5) is 0 Å². The largest absolute Gasteiger partial charge is 0.264 e. The minimum atomic E-state index is 0.689. The highest BCUT2D eigenvalue weighted by molar-refractivity contribution is 6.28. The molecule has 0 unspecified atom stereocenters. The molecule has 0 aliphatic heterocycles. The van der Waals surface area contributed by atoms with Gasteiger partial charge in [0.1, 0.15) is 0 Å². The van der Waals surface area contributed by atoms with E-state index >= 15 is 0 Å². The molecule has 0 bridgehead atoms. The molecule has 0 saturated heterocycles. The summed E-state index contributed by atoms with van der Waals surface area (Å²) in [5.74, 6) is 0.689. The topological polar surface area (TPSA) is 38.7 Å². The van der Waals surface area contributed by atoms with Gasteiger partial charge in [-0.1, -0.05) is 176 Å². The van der Waals surface area contributed by atoms with Gasteiger partial charge in [0.15, 0.2) is 5.82 Å². The average molecular weight is 712 g/mol. The zero-order valence-electron chi connectivity index (χ0n) is 30.4. The molecule has 0 atom stereocenters. The van der Waals surface area contributed by atoms with Crippen molar-refractivity contribution in [1.82, 2.24) is 15.0 Å². The Hall–Kier alpha value is -7.49. The van der Waals surface area contributed by atoms with Gasteiger partial charge in [0.05, 0.1) is 11.4 Å². The van der Waals surface area contributed by atoms with Crippen molar-refractivity contribution in [3.63, 3.8) is 0 Å². The van der Waals surface area contributed by atoms with Crippen molar-refractivity contribution < 1.29 is 0 Å². The van der Waals surface area contributed by atoms with Crippen molar-refractivity contribution in [2.45, 2.75) is 0 Å². The Balaban J connectivity index is 1.21. The number of nitrogens with zero attached hydrogens (tertiary/aromatic N) is 3.